The van der Waals surface area contributed by atoms with Crippen LogP contribution in [0.1, 0.15) is 18.6 Å². The molecule has 1 atom stereocenters. The Kier molecular flexibility index (Phi) is 4.12. The van der Waals surface area contributed by atoms with Crippen molar-refractivity contribution in [2.24, 2.45) is 0 Å². The van der Waals surface area contributed by atoms with Gasteiger partial charge in [0.25, 0.3) is 0 Å². The maximum absolute atomic E-state index is 10.5. The lowest BCUT2D eigenvalue weighted by molar-refractivity contribution is -0.144. The summed E-state index contributed by atoms with van der Waals surface area (Å²) in [6.45, 7) is 1.28. The molecule has 82 valence electrons. The predicted octanol–water partition coefficient (Wildman–Crippen LogP) is 1.29. The van der Waals surface area contributed by atoms with Crippen molar-refractivity contribution in [3.8, 4) is 5.75 Å². The number of rotatable bonds is 4. The predicted molar refractivity (Wildman–Crippen MR) is 54.6 cm³/mol. The summed E-state index contributed by atoms with van der Waals surface area (Å²) in [5.41, 5.74) is 0.692. The second-order valence-electron chi connectivity index (χ2n) is 3.09. The van der Waals surface area contributed by atoms with E-state index in [0.29, 0.717) is 5.56 Å². The number of aliphatic hydroxyl groups excluding tert-OH is 1. The van der Waals surface area contributed by atoms with Gasteiger partial charge in [-0.2, -0.15) is 0 Å². The summed E-state index contributed by atoms with van der Waals surface area (Å²) in [7, 11) is 1.57. The first-order valence-electron chi connectivity index (χ1n) is 4.59. The Hall–Kier alpha value is -1.55. The molecule has 1 aromatic carbocycles. The number of ether oxygens (including phenoxy) is 2. The van der Waals surface area contributed by atoms with Crippen LogP contribution in [0.5, 0.6) is 5.75 Å². The highest BCUT2D eigenvalue weighted by atomic mass is 16.5. The van der Waals surface area contributed by atoms with Crippen molar-refractivity contribution >= 4 is 5.97 Å². The lowest BCUT2D eigenvalue weighted by Crippen LogP contribution is -2.09. The molecule has 0 heterocycles. The smallest absolute Gasteiger partial charge is 0.302 e. The van der Waals surface area contributed by atoms with Crippen LogP contribution in [-0.4, -0.2) is 24.8 Å². The number of hydrogen-bond donors (Lipinski definition) is 1. The summed E-state index contributed by atoms with van der Waals surface area (Å²) in [6.07, 6.45) is -0.792. The van der Waals surface area contributed by atoms with Gasteiger partial charge in [-0.1, -0.05) is 12.1 Å². The van der Waals surface area contributed by atoms with Crippen molar-refractivity contribution in [3.63, 3.8) is 0 Å². The van der Waals surface area contributed by atoms with Crippen molar-refractivity contribution in [2.75, 3.05) is 13.7 Å². The van der Waals surface area contributed by atoms with Gasteiger partial charge in [-0.05, 0) is 17.7 Å². The first-order chi connectivity index (χ1) is 7.13. The molecule has 0 saturated carbocycles. The van der Waals surface area contributed by atoms with E-state index < -0.39 is 12.1 Å². The molecule has 4 nitrogen and oxygen atoms in total. The summed E-state index contributed by atoms with van der Waals surface area (Å²) in [4.78, 5) is 10.5. The molecular weight excluding hydrogens is 196 g/mol. The standard InChI is InChI=1S/C11H14O4/c1-8(12)15-7-11(13)9-3-5-10(14-2)6-4-9/h3-6,11,13H,7H2,1-2H3. The fraction of sp³-hybridized carbons (Fsp3) is 0.364. The summed E-state index contributed by atoms with van der Waals surface area (Å²) in [5, 5.41) is 9.61. The molecule has 0 bridgehead atoms. The Balaban J connectivity index is 2.57. The Bertz CT molecular complexity index is 318. The molecule has 15 heavy (non-hydrogen) atoms. The van der Waals surface area contributed by atoms with Crippen LogP contribution in [0, 0.1) is 0 Å². The van der Waals surface area contributed by atoms with E-state index in [-0.39, 0.29) is 6.61 Å². The van der Waals surface area contributed by atoms with Crippen LogP contribution >= 0.6 is 0 Å². The van der Waals surface area contributed by atoms with Gasteiger partial charge in [0.2, 0.25) is 0 Å². The number of hydrogen-bond acceptors (Lipinski definition) is 4. The third-order valence-corrected chi connectivity index (χ3v) is 1.95. The number of esters is 1. The molecule has 1 N–H and O–H groups in total. The lowest BCUT2D eigenvalue weighted by atomic mass is 10.1. The summed E-state index contributed by atoms with van der Waals surface area (Å²) in [6, 6.07) is 6.94. The quantitative estimate of drug-likeness (QED) is 0.761. The first kappa shape index (κ1) is 11.5. The number of carbonyl (C=O) groups excluding carboxylic acids is 1. The number of aliphatic hydroxyl groups is 1. The minimum atomic E-state index is -0.792. The molecule has 0 amide bonds. The Morgan fingerprint density at radius 3 is 2.47 bits per heavy atom. The maximum Gasteiger partial charge on any atom is 0.302 e. The van der Waals surface area contributed by atoms with Crippen LogP contribution in [0.2, 0.25) is 0 Å². The van der Waals surface area contributed by atoms with E-state index >= 15 is 0 Å². The zero-order valence-electron chi connectivity index (χ0n) is 8.77. The molecule has 0 aliphatic heterocycles. The molecule has 1 aromatic rings. The minimum Gasteiger partial charge on any atom is -0.497 e. The second-order valence-corrected chi connectivity index (χ2v) is 3.09. The largest absolute Gasteiger partial charge is 0.497 e. The van der Waals surface area contributed by atoms with Crippen LogP contribution in [0.15, 0.2) is 24.3 Å². The number of carbonyl (C=O) groups is 1. The fourth-order valence-electron chi connectivity index (χ4n) is 1.12. The van der Waals surface area contributed by atoms with Crippen molar-refractivity contribution in [3.05, 3.63) is 29.8 Å². The number of methoxy groups -OCH3 is 1. The molecule has 0 spiro atoms. The van der Waals surface area contributed by atoms with Gasteiger partial charge < -0.3 is 14.6 Å². The highest BCUT2D eigenvalue weighted by Crippen LogP contribution is 2.17. The molecule has 4 heteroatoms. The van der Waals surface area contributed by atoms with Gasteiger partial charge in [0, 0.05) is 6.92 Å². The van der Waals surface area contributed by atoms with Crippen molar-refractivity contribution < 1.29 is 19.4 Å². The van der Waals surface area contributed by atoms with Crippen LogP contribution < -0.4 is 4.74 Å². The molecule has 1 rings (SSSR count). The normalized spacial score (nSPS) is 11.9. The van der Waals surface area contributed by atoms with E-state index in [2.05, 4.69) is 0 Å². The van der Waals surface area contributed by atoms with E-state index in [4.69, 9.17) is 9.47 Å². The third kappa shape index (κ3) is 3.59. The fourth-order valence-corrected chi connectivity index (χ4v) is 1.12. The van der Waals surface area contributed by atoms with E-state index in [0.717, 1.165) is 5.75 Å². The van der Waals surface area contributed by atoms with Crippen LogP contribution in [0.4, 0.5) is 0 Å². The van der Waals surface area contributed by atoms with Gasteiger partial charge in [-0.15, -0.1) is 0 Å². The molecule has 0 saturated heterocycles. The molecule has 0 radical (unpaired) electrons. The van der Waals surface area contributed by atoms with Crippen LogP contribution in [0.3, 0.4) is 0 Å². The van der Waals surface area contributed by atoms with E-state index in [1.807, 2.05) is 0 Å². The Morgan fingerprint density at radius 2 is 2.00 bits per heavy atom. The third-order valence-electron chi connectivity index (χ3n) is 1.95. The lowest BCUT2D eigenvalue weighted by Gasteiger charge is -2.11. The number of benzene rings is 1. The maximum atomic E-state index is 10.5. The molecule has 0 fully saturated rings. The molecule has 0 aliphatic carbocycles. The van der Waals surface area contributed by atoms with Gasteiger partial charge in [-0.3, -0.25) is 4.79 Å². The van der Waals surface area contributed by atoms with Gasteiger partial charge >= 0.3 is 5.97 Å². The molecular formula is C11H14O4. The Labute approximate surface area is 88.4 Å². The minimum absolute atomic E-state index is 0.0261. The topological polar surface area (TPSA) is 55.8 Å². The zero-order chi connectivity index (χ0) is 11.3. The van der Waals surface area contributed by atoms with Gasteiger partial charge in [0.1, 0.15) is 18.5 Å². The molecule has 0 aromatic heterocycles. The summed E-state index contributed by atoms with van der Waals surface area (Å²) in [5.74, 6) is 0.320. The van der Waals surface area contributed by atoms with Crippen molar-refractivity contribution in [1.29, 1.82) is 0 Å². The van der Waals surface area contributed by atoms with Gasteiger partial charge in [-0.25, -0.2) is 0 Å². The second kappa shape index (κ2) is 5.36. The van der Waals surface area contributed by atoms with Gasteiger partial charge in [0.05, 0.1) is 7.11 Å². The average Bonchev–Trinajstić information content (AvgIpc) is 2.26. The summed E-state index contributed by atoms with van der Waals surface area (Å²) < 4.78 is 9.67. The Morgan fingerprint density at radius 1 is 1.40 bits per heavy atom. The van der Waals surface area contributed by atoms with Crippen molar-refractivity contribution in [2.45, 2.75) is 13.0 Å². The highest BCUT2D eigenvalue weighted by Gasteiger charge is 2.08. The van der Waals surface area contributed by atoms with E-state index in [1.165, 1.54) is 6.92 Å². The monoisotopic (exact) mass is 210 g/mol. The molecule has 0 aliphatic rings. The van der Waals surface area contributed by atoms with Crippen LogP contribution in [0.25, 0.3) is 0 Å². The first-order valence-corrected chi connectivity index (χ1v) is 4.59. The van der Waals surface area contributed by atoms with Crippen molar-refractivity contribution in [1.82, 2.24) is 0 Å². The average molecular weight is 210 g/mol. The van der Waals surface area contributed by atoms with Gasteiger partial charge in [0.15, 0.2) is 0 Å². The highest BCUT2D eigenvalue weighted by molar-refractivity contribution is 5.65. The van der Waals surface area contributed by atoms with E-state index in [1.54, 1.807) is 31.4 Å². The zero-order valence-corrected chi connectivity index (χ0v) is 8.77. The van der Waals surface area contributed by atoms with Crippen LogP contribution in [-0.2, 0) is 9.53 Å². The SMILES string of the molecule is COc1ccc(C(O)COC(C)=O)cc1. The molecule has 1 unspecified atom stereocenters. The summed E-state index contributed by atoms with van der Waals surface area (Å²) >= 11 is 0. The van der Waals surface area contributed by atoms with E-state index in [9.17, 15) is 9.90 Å².